The predicted octanol–water partition coefficient (Wildman–Crippen LogP) is 4.37. The quantitative estimate of drug-likeness (QED) is 0.328. The number of rotatable bonds is 10. The molecule has 3 amide bonds. The highest BCUT2D eigenvalue weighted by Gasteiger charge is 2.56. The van der Waals surface area contributed by atoms with Crippen molar-refractivity contribution in [3.63, 3.8) is 0 Å². The van der Waals surface area contributed by atoms with Crippen LogP contribution in [0.4, 0.5) is 18.9 Å². The van der Waals surface area contributed by atoms with Crippen molar-refractivity contribution in [2.24, 2.45) is 11.8 Å². The summed E-state index contributed by atoms with van der Waals surface area (Å²) in [5.74, 6) is -6.84. The second kappa shape index (κ2) is 12.7. The molecule has 1 spiro atoms. The first-order valence-electron chi connectivity index (χ1n) is 14.6. The molecular weight excluding hydrogens is 587 g/mol. The Labute approximate surface area is 258 Å². The SMILES string of the molecule is CC(C)[C@H](NC(=O)c1c(F)cccc1F)C(=O)C[C@@H](Cc1ccc(F)cc1)C(=O)N1C[C@]2(C[C@H]1C=O)C(=O)Nc1ccccc12. The van der Waals surface area contributed by atoms with Gasteiger partial charge >= 0.3 is 0 Å². The van der Waals surface area contributed by atoms with Gasteiger partial charge in [0.2, 0.25) is 11.8 Å². The van der Waals surface area contributed by atoms with Gasteiger partial charge in [0, 0.05) is 24.6 Å². The Kier molecular flexibility index (Phi) is 8.90. The van der Waals surface area contributed by atoms with Crippen LogP contribution in [0.3, 0.4) is 0 Å². The van der Waals surface area contributed by atoms with Crippen LogP contribution in [0.25, 0.3) is 0 Å². The molecule has 4 atom stereocenters. The molecule has 0 radical (unpaired) electrons. The standard InChI is InChI=1S/C34H32F3N3O5/c1-19(2)30(39-31(43)29-25(36)7-5-8-26(29)37)28(42)15-21(14-20-10-12-22(35)13-11-20)32(44)40-18-34(16-23(40)17-41)24-6-3-4-9-27(24)38-33(34)45/h3-13,17,19,21,23,30H,14-16,18H2,1-2H3,(H,38,45)(H,39,43)/t21-,23+,30+,34+/m1/s1. The van der Waals surface area contributed by atoms with Gasteiger partial charge in [-0.25, -0.2) is 13.2 Å². The van der Waals surface area contributed by atoms with E-state index < -0.39 is 76.4 Å². The lowest BCUT2D eigenvalue weighted by atomic mass is 9.80. The van der Waals surface area contributed by atoms with Crippen LogP contribution in [0, 0.1) is 29.3 Å². The maximum Gasteiger partial charge on any atom is 0.257 e. The van der Waals surface area contributed by atoms with E-state index in [0.29, 0.717) is 23.1 Å². The van der Waals surface area contributed by atoms with E-state index in [4.69, 9.17) is 0 Å². The third kappa shape index (κ3) is 6.11. The summed E-state index contributed by atoms with van der Waals surface area (Å²) in [6.07, 6.45) is 0.249. The van der Waals surface area contributed by atoms with E-state index in [9.17, 15) is 37.1 Å². The number of amides is 3. The molecule has 3 aromatic rings. The van der Waals surface area contributed by atoms with Gasteiger partial charge in [-0.05, 0) is 60.2 Å². The summed E-state index contributed by atoms with van der Waals surface area (Å²) in [5.41, 5.74) is -0.170. The fourth-order valence-electron chi connectivity index (χ4n) is 6.34. The van der Waals surface area contributed by atoms with Crippen LogP contribution in [0.5, 0.6) is 0 Å². The molecular formula is C34H32F3N3O5. The summed E-state index contributed by atoms with van der Waals surface area (Å²) in [4.78, 5) is 67.7. The number of carbonyl (C=O) groups is 5. The van der Waals surface area contributed by atoms with Gasteiger partial charge in [0.25, 0.3) is 5.91 Å². The van der Waals surface area contributed by atoms with Crippen molar-refractivity contribution >= 4 is 35.5 Å². The number of Topliss-reactive ketones (excluding diaryl/α,β-unsaturated/α-hetero) is 1. The molecule has 5 rings (SSSR count). The molecule has 0 unspecified atom stereocenters. The number of para-hydroxylation sites is 1. The lowest BCUT2D eigenvalue weighted by Gasteiger charge is -2.29. The number of hydrogen-bond acceptors (Lipinski definition) is 5. The third-order valence-corrected chi connectivity index (χ3v) is 8.65. The number of carbonyl (C=O) groups excluding carboxylic acids is 5. The van der Waals surface area contributed by atoms with Crippen molar-refractivity contribution in [1.82, 2.24) is 10.2 Å². The van der Waals surface area contributed by atoms with E-state index in [0.717, 1.165) is 18.2 Å². The zero-order valence-electron chi connectivity index (χ0n) is 24.7. The summed E-state index contributed by atoms with van der Waals surface area (Å²) < 4.78 is 42.3. The number of nitrogens with zero attached hydrogens (tertiary/aromatic N) is 1. The summed E-state index contributed by atoms with van der Waals surface area (Å²) in [5, 5.41) is 5.26. The van der Waals surface area contributed by atoms with Crippen molar-refractivity contribution in [3.05, 3.63) is 101 Å². The van der Waals surface area contributed by atoms with Crippen molar-refractivity contribution < 1.29 is 37.1 Å². The van der Waals surface area contributed by atoms with E-state index in [2.05, 4.69) is 10.6 Å². The molecule has 45 heavy (non-hydrogen) atoms. The number of fused-ring (bicyclic) bond motifs is 2. The van der Waals surface area contributed by atoms with Crippen molar-refractivity contribution in [1.29, 1.82) is 0 Å². The zero-order chi connectivity index (χ0) is 32.5. The maximum absolute atomic E-state index is 14.3. The van der Waals surface area contributed by atoms with Crippen LogP contribution in [-0.2, 0) is 31.0 Å². The van der Waals surface area contributed by atoms with Crippen molar-refractivity contribution in [2.45, 2.75) is 50.6 Å². The zero-order valence-corrected chi connectivity index (χ0v) is 24.7. The molecule has 3 aromatic carbocycles. The Bertz CT molecular complexity index is 1640. The fourth-order valence-corrected chi connectivity index (χ4v) is 6.34. The molecule has 2 aliphatic heterocycles. The van der Waals surface area contributed by atoms with E-state index in [-0.39, 0.29) is 25.3 Å². The van der Waals surface area contributed by atoms with E-state index in [1.165, 1.54) is 29.2 Å². The van der Waals surface area contributed by atoms with Gasteiger partial charge in [-0.15, -0.1) is 0 Å². The van der Waals surface area contributed by atoms with E-state index >= 15 is 0 Å². The van der Waals surface area contributed by atoms with Gasteiger partial charge in [-0.3, -0.25) is 19.2 Å². The Morgan fingerprint density at radius 3 is 2.31 bits per heavy atom. The lowest BCUT2D eigenvalue weighted by Crippen LogP contribution is -2.48. The highest BCUT2D eigenvalue weighted by molar-refractivity contribution is 6.08. The molecule has 2 heterocycles. The number of ketones is 1. The smallest absolute Gasteiger partial charge is 0.257 e. The average Bonchev–Trinajstić information content (AvgIpc) is 3.53. The molecule has 8 nitrogen and oxygen atoms in total. The Morgan fingerprint density at radius 2 is 1.67 bits per heavy atom. The molecule has 0 aromatic heterocycles. The second-order valence-electron chi connectivity index (χ2n) is 11.9. The molecule has 2 aliphatic rings. The van der Waals surface area contributed by atoms with Gasteiger partial charge in [0.05, 0.1) is 17.5 Å². The number of aldehydes is 1. The number of hydrogen-bond donors (Lipinski definition) is 2. The fraction of sp³-hybridized carbons (Fsp3) is 0.324. The maximum atomic E-state index is 14.3. The Morgan fingerprint density at radius 1 is 1.00 bits per heavy atom. The lowest BCUT2D eigenvalue weighted by molar-refractivity contribution is -0.141. The minimum atomic E-state index is -1.21. The highest BCUT2D eigenvalue weighted by atomic mass is 19.1. The number of benzene rings is 3. The predicted molar refractivity (Wildman–Crippen MR) is 159 cm³/mol. The third-order valence-electron chi connectivity index (χ3n) is 8.65. The second-order valence-corrected chi connectivity index (χ2v) is 11.9. The first-order chi connectivity index (χ1) is 21.4. The van der Waals surface area contributed by atoms with Crippen LogP contribution in [0.1, 0.15) is 48.2 Å². The van der Waals surface area contributed by atoms with Gasteiger partial charge in [-0.1, -0.05) is 50.2 Å². The topological polar surface area (TPSA) is 113 Å². The summed E-state index contributed by atoms with van der Waals surface area (Å²) in [7, 11) is 0. The minimum absolute atomic E-state index is 0.0105. The summed E-state index contributed by atoms with van der Waals surface area (Å²) in [6, 6.07) is 13.3. The van der Waals surface area contributed by atoms with Crippen LogP contribution in [0.2, 0.25) is 0 Å². The number of anilines is 1. The molecule has 2 N–H and O–H groups in total. The van der Waals surface area contributed by atoms with Crippen molar-refractivity contribution in [3.8, 4) is 0 Å². The van der Waals surface area contributed by atoms with Gasteiger partial charge in [0.15, 0.2) is 5.78 Å². The molecule has 11 heteroatoms. The summed E-state index contributed by atoms with van der Waals surface area (Å²) in [6.45, 7) is 3.18. The molecule has 0 aliphatic carbocycles. The Hall–Kier alpha value is -4.80. The van der Waals surface area contributed by atoms with Gasteiger partial charge < -0.3 is 20.3 Å². The number of halogens is 3. The first-order valence-corrected chi connectivity index (χ1v) is 14.6. The van der Waals surface area contributed by atoms with Crippen LogP contribution in [0.15, 0.2) is 66.7 Å². The van der Waals surface area contributed by atoms with Gasteiger partial charge in [-0.2, -0.15) is 0 Å². The molecule has 1 saturated heterocycles. The van der Waals surface area contributed by atoms with Crippen LogP contribution in [-0.4, -0.2) is 53.3 Å². The number of nitrogens with one attached hydrogen (secondary N) is 2. The first kappa shape index (κ1) is 31.6. The normalized spacial score (nSPS) is 20.1. The monoisotopic (exact) mass is 619 g/mol. The molecule has 0 bridgehead atoms. The summed E-state index contributed by atoms with van der Waals surface area (Å²) >= 11 is 0. The van der Waals surface area contributed by atoms with E-state index in [1.807, 2.05) is 0 Å². The molecule has 1 fully saturated rings. The van der Waals surface area contributed by atoms with Gasteiger partial charge in [0.1, 0.15) is 29.3 Å². The molecule has 234 valence electrons. The Balaban J connectivity index is 1.43. The number of likely N-dealkylation sites (tertiary alicyclic amines) is 1. The minimum Gasteiger partial charge on any atom is -0.342 e. The average molecular weight is 620 g/mol. The van der Waals surface area contributed by atoms with E-state index in [1.54, 1.807) is 38.1 Å². The largest absolute Gasteiger partial charge is 0.342 e. The highest BCUT2D eigenvalue weighted by Crippen LogP contribution is 2.46. The van der Waals surface area contributed by atoms with Crippen LogP contribution >= 0.6 is 0 Å². The molecule has 0 saturated carbocycles. The van der Waals surface area contributed by atoms with Crippen LogP contribution < -0.4 is 10.6 Å². The van der Waals surface area contributed by atoms with Crippen molar-refractivity contribution in [2.75, 3.05) is 11.9 Å².